The van der Waals surface area contributed by atoms with Crippen LogP contribution in [0.2, 0.25) is 0 Å². The average Bonchev–Trinajstić information content (AvgIpc) is 2.82. The van der Waals surface area contributed by atoms with Crippen molar-refractivity contribution in [1.29, 1.82) is 0 Å². The summed E-state index contributed by atoms with van der Waals surface area (Å²) >= 11 is 0. The van der Waals surface area contributed by atoms with Gasteiger partial charge in [-0.05, 0) is 35.7 Å². The highest BCUT2D eigenvalue weighted by Gasteiger charge is 2.30. The average molecular weight is 277 g/mol. The normalized spacial score (nSPS) is 14.4. The van der Waals surface area contributed by atoms with Gasteiger partial charge in [0, 0.05) is 18.8 Å². The Hall–Kier alpha value is -1.97. The van der Waals surface area contributed by atoms with Crippen molar-refractivity contribution in [2.75, 3.05) is 11.4 Å². The van der Waals surface area contributed by atoms with E-state index >= 15 is 0 Å². The van der Waals surface area contributed by atoms with Crippen molar-refractivity contribution in [3.05, 3.63) is 65.2 Å². The predicted molar refractivity (Wildman–Crippen MR) is 72.6 cm³/mol. The topological polar surface area (TPSA) is 3.24 Å². The number of nitrogens with zero attached hydrogens (tertiary/aromatic N) is 1. The third-order valence-corrected chi connectivity index (χ3v) is 3.61. The molecule has 1 heterocycles. The maximum Gasteiger partial charge on any atom is 0.416 e. The third kappa shape index (κ3) is 2.50. The number of halogens is 3. The van der Waals surface area contributed by atoms with Crippen LogP contribution in [0.15, 0.2) is 48.5 Å². The van der Waals surface area contributed by atoms with Crippen LogP contribution in [0, 0.1) is 0 Å². The summed E-state index contributed by atoms with van der Waals surface area (Å²) in [5.41, 5.74) is 2.50. The van der Waals surface area contributed by atoms with E-state index in [1.54, 1.807) is 6.07 Å². The van der Waals surface area contributed by atoms with Crippen LogP contribution in [0.3, 0.4) is 0 Å². The number of fused-ring (bicyclic) bond motifs is 1. The molecule has 1 aliphatic heterocycles. The van der Waals surface area contributed by atoms with Gasteiger partial charge in [-0.25, -0.2) is 0 Å². The second-order valence-electron chi connectivity index (χ2n) is 5.00. The smallest absolute Gasteiger partial charge is 0.367 e. The highest BCUT2D eigenvalue weighted by Crippen LogP contribution is 2.32. The van der Waals surface area contributed by atoms with E-state index < -0.39 is 11.7 Å². The van der Waals surface area contributed by atoms with Gasteiger partial charge in [0.1, 0.15) is 0 Å². The van der Waals surface area contributed by atoms with Crippen LogP contribution < -0.4 is 4.90 Å². The van der Waals surface area contributed by atoms with Gasteiger partial charge in [-0.1, -0.05) is 30.3 Å². The first kappa shape index (κ1) is 13.0. The molecular weight excluding hydrogens is 263 g/mol. The summed E-state index contributed by atoms with van der Waals surface area (Å²) in [5, 5.41) is 0. The van der Waals surface area contributed by atoms with Crippen LogP contribution in [0.4, 0.5) is 18.9 Å². The summed E-state index contributed by atoms with van der Waals surface area (Å²) < 4.78 is 38.1. The van der Waals surface area contributed by atoms with Crippen LogP contribution in [0.1, 0.15) is 16.7 Å². The van der Waals surface area contributed by atoms with Crippen molar-refractivity contribution in [3.8, 4) is 0 Å². The highest BCUT2D eigenvalue weighted by molar-refractivity contribution is 5.58. The van der Waals surface area contributed by atoms with Crippen LogP contribution in [-0.2, 0) is 19.1 Å². The van der Waals surface area contributed by atoms with Crippen molar-refractivity contribution in [3.63, 3.8) is 0 Å². The molecule has 0 spiro atoms. The van der Waals surface area contributed by atoms with Gasteiger partial charge in [0.2, 0.25) is 0 Å². The van der Waals surface area contributed by atoms with E-state index in [-0.39, 0.29) is 0 Å². The zero-order valence-electron chi connectivity index (χ0n) is 10.8. The molecule has 0 unspecified atom stereocenters. The number of para-hydroxylation sites is 1. The quantitative estimate of drug-likeness (QED) is 0.792. The molecular formula is C16H14F3N. The Balaban J connectivity index is 1.83. The first-order valence-electron chi connectivity index (χ1n) is 6.53. The minimum absolute atomic E-state index is 0.515. The molecule has 0 aliphatic carbocycles. The summed E-state index contributed by atoms with van der Waals surface area (Å²) in [6.07, 6.45) is -3.33. The predicted octanol–water partition coefficient (Wildman–Crippen LogP) is 4.27. The molecule has 0 aromatic heterocycles. The molecule has 3 rings (SSSR count). The van der Waals surface area contributed by atoms with Crippen molar-refractivity contribution < 1.29 is 13.2 Å². The van der Waals surface area contributed by atoms with E-state index in [0.29, 0.717) is 12.1 Å². The van der Waals surface area contributed by atoms with Crippen LogP contribution in [0.25, 0.3) is 0 Å². The van der Waals surface area contributed by atoms with Gasteiger partial charge >= 0.3 is 6.18 Å². The number of anilines is 1. The molecule has 0 saturated carbocycles. The second-order valence-corrected chi connectivity index (χ2v) is 5.00. The second kappa shape index (κ2) is 4.85. The van der Waals surface area contributed by atoms with Crippen molar-refractivity contribution in [2.45, 2.75) is 19.1 Å². The fraction of sp³-hybridized carbons (Fsp3) is 0.250. The zero-order valence-corrected chi connectivity index (χ0v) is 10.8. The molecule has 0 atom stereocenters. The lowest BCUT2D eigenvalue weighted by Crippen LogP contribution is -2.20. The summed E-state index contributed by atoms with van der Waals surface area (Å²) in [5.74, 6) is 0. The van der Waals surface area contributed by atoms with E-state index in [2.05, 4.69) is 11.0 Å². The Bertz CT molecular complexity index is 619. The SMILES string of the molecule is FC(F)(F)c1cccc(CN2CCc3ccccc32)c1. The lowest BCUT2D eigenvalue weighted by atomic mass is 10.1. The van der Waals surface area contributed by atoms with Gasteiger partial charge in [0.15, 0.2) is 0 Å². The van der Waals surface area contributed by atoms with Gasteiger partial charge in [-0.15, -0.1) is 0 Å². The number of benzene rings is 2. The monoisotopic (exact) mass is 277 g/mol. The molecule has 2 aromatic carbocycles. The van der Waals surface area contributed by atoms with Crippen molar-refractivity contribution >= 4 is 5.69 Å². The summed E-state index contributed by atoms with van der Waals surface area (Å²) in [4.78, 5) is 2.13. The lowest BCUT2D eigenvalue weighted by molar-refractivity contribution is -0.137. The molecule has 0 N–H and O–H groups in total. The Morgan fingerprint density at radius 1 is 1.00 bits per heavy atom. The van der Waals surface area contributed by atoms with E-state index in [0.717, 1.165) is 24.7 Å². The van der Waals surface area contributed by atoms with Gasteiger partial charge in [-0.2, -0.15) is 13.2 Å². The third-order valence-electron chi connectivity index (χ3n) is 3.61. The van der Waals surface area contributed by atoms with Crippen LogP contribution in [-0.4, -0.2) is 6.54 Å². The summed E-state index contributed by atoms with van der Waals surface area (Å²) in [6.45, 7) is 1.37. The number of hydrogen-bond acceptors (Lipinski definition) is 1. The van der Waals surface area contributed by atoms with E-state index in [1.165, 1.54) is 17.7 Å². The van der Waals surface area contributed by atoms with Gasteiger partial charge in [0.05, 0.1) is 5.56 Å². The maximum absolute atomic E-state index is 12.7. The minimum Gasteiger partial charge on any atom is -0.367 e. The van der Waals surface area contributed by atoms with Gasteiger partial charge in [0.25, 0.3) is 0 Å². The Morgan fingerprint density at radius 3 is 2.60 bits per heavy atom. The molecule has 0 amide bonds. The Labute approximate surface area is 115 Å². The van der Waals surface area contributed by atoms with Crippen molar-refractivity contribution in [1.82, 2.24) is 0 Å². The molecule has 4 heteroatoms. The standard InChI is InChI=1S/C16H14F3N/c17-16(18,19)14-6-3-4-12(10-14)11-20-9-8-13-5-1-2-7-15(13)20/h1-7,10H,8-9,11H2. The van der Waals surface area contributed by atoms with Gasteiger partial charge in [-0.3, -0.25) is 0 Å². The van der Waals surface area contributed by atoms with Crippen LogP contribution >= 0.6 is 0 Å². The maximum atomic E-state index is 12.7. The highest BCUT2D eigenvalue weighted by atomic mass is 19.4. The molecule has 20 heavy (non-hydrogen) atoms. The molecule has 0 bridgehead atoms. The molecule has 1 nitrogen and oxygen atoms in total. The number of alkyl halides is 3. The molecule has 0 fully saturated rings. The molecule has 2 aromatic rings. The lowest BCUT2D eigenvalue weighted by Gasteiger charge is -2.20. The van der Waals surface area contributed by atoms with E-state index in [1.807, 2.05) is 18.2 Å². The van der Waals surface area contributed by atoms with Crippen LogP contribution in [0.5, 0.6) is 0 Å². The van der Waals surface area contributed by atoms with E-state index in [4.69, 9.17) is 0 Å². The number of rotatable bonds is 2. The molecule has 0 radical (unpaired) electrons. The minimum atomic E-state index is -4.28. The first-order valence-corrected chi connectivity index (χ1v) is 6.53. The zero-order chi connectivity index (χ0) is 14.2. The summed E-state index contributed by atoms with van der Waals surface area (Å²) in [6, 6.07) is 13.6. The largest absolute Gasteiger partial charge is 0.416 e. The van der Waals surface area contributed by atoms with E-state index in [9.17, 15) is 13.2 Å². The Morgan fingerprint density at radius 2 is 1.80 bits per heavy atom. The molecule has 104 valence electrons. The molecule has 1 aliphatic rings. The Kier molecular flexibility index (Phi) is 3.16. The summed E-state index contributed by atoms with van der Waals surface area (Å²) in [7, 11) is 0. The molecule has 0 saturated heterocycles. The fourth-order valence-electron chi connectivity index (χ4n) is 2.64. The fourth-order valence-corrected chi connectivity index (χ4v) is 2.64. The van der Waals surface area contributed by atoms with Crippen molar-refractivity contribution in [2.24, 2.45) is 0 Å². The first-order chi connectivity index (χ1) is 9.54. The van der Waals surface area contributed by atoms with Gasteiger partial charge < -0.3 is 4.90 Å². The number of hydrogen-bond donors (Lipinski definition) is 0.